The topological polar surface area (TPSA) is 88.4 Å². The zero-order valence-corrected chi connectivity index (χ0v) is 29.2. The Labute approximate surface area is 296 Å². The van der Waals surface area contributed by atoms with Gasteiger partial charge in [-0.15, -0.1) is 6.61 Å². The zero-order valence-electron chi connectivity index (χ0n) is 26.3. The summed E-state index contributed by atoms with van der Waals surface area (Å²) >= 11 is 0. The van der Waals surface area contributed by atoms with Gasteiger partial charge in [-0.2, -0.15) is 0 Å². The first kappa shape index (κ1) is 48.0. The van der Waals surface area contributed by atoms with Crippen molar-refractivity contribution in [1.82, 2.24) is 24.8 Å². The fourth-order valence-electron chi connectivity index (χ4n) is 3.71. The van der Waals surface area contributed by atoms with Gasteiger partial charge in [0, 0.05) is 64.5 Å². The summed E-state index contributed by atoms with van der Waals surface area (Å²) in [5, 5.41) is 16.6. The van der Waals surface area contributed by atoms with Crippen LogP contribution in [0.15, 0.2) is 104 Å². The Morgan fingerprint density at radius 3 is 1.02 bits per heavy atom. The van der Waals surface area contributed by atoms with E-state index in [4.69, 9.17) is 10.2 Å². The number of halogens is 12. The van der Waals surface area contributed by atoms with Crippen molar-refractivity contribution >= 4 is 15.6 Å². The van der Waals surface area contributed by atoms with Crippen LogP contribution in [-0.2, 0) is 43.2 Å². The van der Waals surface area contributed by atoms with Crippen molar-refractivity contribution in [1.29, 1.82) is 0 Å². The number of aliphatic hydroxyl groups is 1. The first-order valence-corrected chi connectivity index (χ1v) is 18.2. The van der Waals surface area contributed by atoms with Crippen LogP contribution >= 0.6 is 15.6 Å². The summed E-state index contributed by atoms with van der Waals surface area (Å²) in [6.45, 7) is 4.51. The normalized spacial score (nSPS) is 14.0. The molecule has 0 amide bonds. The quantitative estimate of drug-likeness (QED) is 0.0865. The van der Waals surface area contributed by atoms with Crippen LogP contribution in [0, 0.1) is 0 Å². The first-order chi connectivity index (χ1) is 22.7. The van der Waals surface area contributed by atoms with Crippen molar-refractivity contribution in [3.8, 4) is 0 Å². The van der Waals surface area contributed by atoms with Crippen molar-refractivity contribution < 1.29 is 77.6 Å². The van der Waals surface area contributed by atoms with Gasteiger partial charge in [0.05, 0.1) is 17.1 Å². The maximum atomic E-state index is 9.87. The molecular formula is C29H34F12FeN5O2P2+2. The standard InChI is InChI=1S/C27H29N5.C2H5O2.2F6P.Fe/c1-2-10-24(11-3-1)20-31(21-25-12-4-7-15-28-25)18-19-32(22-26-13-5-8-16-29-26)23-27-14-6-9-17-30-27;3-1-2-4;2*1-7(2,3,4,5)6;/h1-17H,18-23H2;3H,1-2H2;;;/q;3*-1;+5. The average molecular weight is 830 g/mol. The number of hydrogen-bond acceptors (Lipinski definition) is 7. The van der Waals surface area contributed by atoms with E-state index in [0.29, 0.717) is 0 Å². The second-order valence-electron chi connectivity index (χ2n) is 10.2. The molecule has 0 spiro atoms. The monoisotopic (exact) mass is 830 g/mol. The van der Waals surface area contributed by atoms with Gasteiger partial charge in [0.1, 0.15) is 0 Å². The minimum Gasteiger partial charge on any atom is -0.853 e. The summed E-state index contributed by atoms with van der Waals surface area (Å²) < 4.78 is 118. The van der Waals surface area contributed by atoms with E-state index < -0.39 is 15.6 Å². The van der Waals surface area contributed by atoms with Crippen LogP contribution < -0.4 is 5.11 Å². The molecule has 0 fully saturated rings. The van der Waals surface area contributed by atoms with E-state index in [-0.39, 0.29) is 30.3 Å². The van der Waals surface area contributed by atoms with E-state index in [1.807, 2.05) is 48.9 Å². The van der Waals surface area contributed by atoms with Gasteiger partial charge in [-0.1, -0.05) is 48.5 Å². The first-order valence-electron chi connectivity index (χ1n) is 14.2. The van der Waals surface area contributed by atoms with Gasteiger partial charge in [-0.05, 0) is 42.0 Å². The fraction of sp³-hybridized carbons (Fsp3) is 0.276. The van der Waals surface area contributed by atoms with E-state index in [0.717, 1.165) is 56.4 Å². The van der Waals surface area contributed by atoms with Gasteiger partial charge in [-0.25, -0.2) is 0 Å². The molecule has 0 atom stereocenters. The van der Waals surface area contributed by atoms with Crippen molar-refractivity contribution in [3.05, 3.63) is 126 Å². The number of nitrogens with zero attached hydrogens (tertiary/aromatic N) is 5. The van der Waals surface area contributed by atoms with E-state index in [1.54, 1.807) is 0 Å². The maximum Gasteiger partial charge on any atom is 5.00 e. The van der Waals surface area contributed by atoms with Crippen LogP contribution in [0.1, 0.15) is 22.6 Å². The van der Waals surface area contributed by atoms with Crippen LogP contribution in [0.2, 0.25) is 0 Å². The number of aromatic nitrogens is 3. The Hall–Kier alpha value is -2.95. The second-order valence-corrected chi connectivity index (χ2v) is 14.0. The van der Waals surface area contributed by atoms with Crippen LogP contribution in [0.25, 0.3) is 0 Å². The molecule has 0 aliphatic carbocycles. The molecule has 4 aromatic rings. The van der Waals surface area contributed by atoms with Gasteiger partial charge in [0.25, 0.3) is 0 Å². The van der Waals surface area contributed by atoms with Crippen LogP contribution in [0.5, 0.6) is 0 Å². The summed E-state index contributed by atoms with van der Waals surface area (Å²) in [7, 11) is -21.3. The molecule has 4 rings (SSSR count). The van der Waals surface area contributed by atoms with Crippen LogP contribution in [0.4, 0.5) is 50.4 Å². The molecule has 0 saturated heterocycles. The van der Waals surface area contributed by atoms with E-state index in [2.05, 4.69) is 79.3 Å². The molecule has 51 heavy (non-hydrogen) atoms. The van der Waals surface area contributed by atoms with Crippen molar-refractivity contribution in [2.75, 3.05) is 26.3 Å². The second kappa shape index (κ2) is 18.7. The number of benzene rings is 1. The molecule has 1 N–H and O–H groups in total. The van der Waals surface area contributed by atoms with E-state index in [9.17, 15) is 50.4 Å². The smallest absolute Gasteiger partial charge is 0.853 e. The third kappa shape index (κ3) is 36.6. The molecule has 22 heteroatoms. The average Bonchev–Trinajstić information content (AvgIpc) is 2.99. The largest absolute Gasteiger partial charge is 5.00 e. The number of aliphatic hydroxyl groups excluding tert-OH is 1. The molecule has 1 aromatic carbocycles. The summed E-state index contributed by atoms with van der Waals surface area (Å²) in [6.07, 6.45) is 5.58. The van der Waals surface area contributed by atoms with Crippen molar-refractivity contribution in [2.24, 2.45) is 0 Å². The number of hydrogen-bond donors (Lipinski definition) is 1. The Morgan fingerprint density at radius 1 is 0.490 bits per heavy atom. The molecule has 3 aromatic heterocycles. The molecule has 0 unspecified atom stereocenters. The van der Waals surface area contributed by atoms with Gasteiger partial charge in [0.2, 0.25) is 0 Å². The molecule has 0 saturated carbocycles. The molecule has 0 aliphatic heterocycles. The van der Waals surface area contributed by atoms with Crippen LogP contribution in [0.3, 0.4) is 0 Å². The van der Waals surface area contributed by atoms with Crippen molar-refractivity contribution in [3.63, 3.8) is 0 Å². The predicted octanol–water partition coefficient (Wildman–Crippen LogP) is 9.68. The molecule has 3 heterocycles. The molecule has 1 radical (unpaired) electrons. The third-order valence-electron chi connectivity index (χ3n) is 5.41. The SMILES string of the molecule is F[P-](F)(F)(F)(F)F.F[P-](F)(F)(F)(F)F.[Fe+5].[O-]CCO.c1ccc(CN(CCN(Cc2ccccn2)Cc2ccccn2)Cc2ccccn2)cc1. The maximum absolute atomic E-state index is 10.7. The summed E-state index contributed by atoms with van der Waals surface area (Å²) in [5.74, 6) is 0. The molecule has 0 bridgehead atoms. The molecule has 7 nitrogen and oxygen atoms in total. The Bertz CT molecular complexity index is 1300. The fourth-order valence-corrected chi connectivity index (χ4v) is 3.71. The zero-order chi connectivity index (χ0) is 38.1. The van der Waals surface area contributed by atoms with E-state index in [1.165, 1.54) is 5.56 Å². The summed E-state index contributed by atoms with van der Waals surface area (Å²) in [5.41, 5.74) is 4.54. The Morgan fingerprint density at radius 2 is 0.765 bits per heavy atom. The third-order valence-corrected chi connectivity index (χ3v) is 5.41. The molecule has 0 aliphatic rings. The molecule has 287 valence electrons. The van der Waals surface area contributed by atoms with Gasteiger partial charge in [-0.3, -0.25) is 24.8 Å². The summed E-state index contributed by atoms with van der Waals surface area (Å²) in [6, 6.07) is 28.9. The number of pyridine rings is 3. The minimum atomic E-state index is -10.7. The minimum absolute atomic E-state index is 0. The van der Waals surface area contributed by atoms with Gasteiger partial charge >= 0.3 is 83.0 Å². The Balaban J connectivity index is 0.00000109. The van der Waals surface area contributed by atoms with Gasteiger partial charge in [0.15, 0.2) is 0 Å². The van der Waals surface area contributed by atoms with Crippen molar-refractivity contribution in [2.45, 2.75) is 26.2 Å². The number of rotatable bonds is 12. The van der Waals surface area contributed by atoms with Crippen LogP contribution in [-0.4, -0.2) is 56.2 Å². The predicted molar refractivity (Wildman–Crippen MR) is 166 cm³/mol. The Kier molecular flexibility index (Phi) is 17.6. The van der Waals surface area contributed by atoms with E-state index >= 15 is 0 Å². The summed E-state index contributed by atoms with van der Waals surface area (Å²) in [4.78, 5) is 18.5. The molecular weight excluding hydrogens is 796 g/mol. The van der Waals surface area contributed by atoms with Gasteiger partial charge < -0.3 is 10.2 Å².